The predicted octanol–water partition coefficient (Wildman–Crippen LogP) is 8.41. The predicted molar refractivity (Wildman–Crippen MR) is 198 cm³/mol. The first-order valence-corrected chi connectivity index (χ1v) is 20.2. The number of carbonyl (C=O) groups excluding carboxylic acids is 1. The SMILES string of the molecule is Cc1noc(C)c1-c1nc(-c2cc(OCC(CN(C)C(=O)OC(C)(C)C)O[Si](C)(C)C(C)(C)C)ccc2F)nc(N2Cc3cccnc3C2)c1C. The molecule has 4 aromatic rings. The number of carbonyl (C=O) groups is 1. The van der Waals surface area contributed by atoms with E-state index >= 15 is 4.39 Å². The largest absolute Gasteiger partial charge is 0.491 e. The van der Waals surface area contributed by atoms with Gasteiger partial charge in [-0.3, -0.25) is 4.98 Å². The van der Waals surface area contributed by atoms with Crippen LogP contribution in [0.1, 0.15) is 69.8 Å². The van der Waals surface area contributed by atoms with Gasteiger partial charge in [-0.1, -0.05) is 32.0 Å². The van der Waals surface area contributed by atoms with Crippen molar-refractivity contribution in [2.24, 2.45) is 0 Å². The number of rotatable bonds is 10. The summed E-state index contributed by atoms with van der Waals surface area (Å²) in [6.07, 6.45) is 0.859. The molecule has 1 atom stereocenters. The normalized spacial score (nSPS) is 14.0. The summed E-state index contributed by atoms with van der Waals surface area (Å²) in [5.41, 5.74) is 4.51. The zero-order valence-corrected chi connectivity index (χ0v) is 33.0. The summed E-state index contributed by atoms with van der Waals surface area (Å²) in [5.74, 6) is 1.41. The molecule has 1 aliphatic rings. The molecule has 4 heterocycles. The van der Waals surface area contributed by atoms with Crippen LogP contribution in [0.15, 0.2) is 41.1 Å². The van der Waals surface area contributed by atoms with E-state index in [1.165, 1.54) is 11.0 Å². The molecule has 274 valence electrons. The second kappa shape index (κ2) is 14.3. The number of likely N-dealkylation sites (N-methyl/N-ethyl adjacent to an activating group) is 1. The average molecular weight is 719 g/mol. The minimum atomic E-state index is -2.28. The van der Waals surface area contributed by atoms with Gasteiger partial charge in [-0.05, 0) is 89.5 Å². The second-order valence-electron chi connectivity index (χ2n) is 15.8. The molecule has 51 heavy (non-hydrogen) atoms. The maximum Gasteiger partial charge on any atom is 0.410 e. The number of halogens is 1. The molecular formula is C38H51FN6O5Si. The first-order valence-electron chi connectivity index (χ1n) is 17.3. The molecule has 1 aromatic carbocycles. The molecule has 0 saturated carbocycles. The Morgan fingerprint density at radius 3 is 2.43 bits per heavy atom. The van der Waals surface area contributed by atoms with Crippen LogP contribution in [0.4, 0.5) is 15.0 Å². The van der Waals surface area contributed by atoms with Crippen molar-refractivity contribution in [3.63, 3.8) is 0 Å². The fourth-order valence-corrected chi connectivity index (χ4v) is 7.07. The van der Waals surface area contributed by atoms with E-state index in [2.05, 4.69) is 55.0 Å². The average Bonchev–Trinajstić information content (AvgIpc) is 3.61. The number of fused-ring (bicyclic) bond motifs is 1. The lowest BCUT2D eigenvalue weighted by Gasteiger charge is -2.40. The Bertz CT molecular complexity index is 1860. The lowest BCUT2D eigenvalue weighted by Crippen LogP contribution is -2.49. The molecule has 3 aromatic heterocycles. The van der Waals surface area contributed by atoms with E-state index < -0.39 is 31.9 Å². The summed E-state index contributed by atoms with van der Waals surface area (Å²) < 4.78 is 40.0. The molecule has 0 N–H and O–H groups in total. The van der Waals surface area contributed by atoms with E-state index in [1.807, 2.05) is 47.6 Å². The highest BCUT2D eigenvalue weighted by molar-refractivity contribution is 6.74. The summed E-state index contributed by atoms with van der Waals surface area (Å²) >= 11 is 0. The standard InChI is InChI=1S/C38H51FN6O5Si/c1-23-33(32-24(2)43-49-25(32)3)41-34(42-35(23)45-19-26-14-13-17-40-31(26)21-45)29-18-27(15-16-30(29)39)47-22-28(50-51(11,12)38(7,8)9)20-44(10)36(46)48-37(4,5)6/h13-18,28H,19-22H2,1-12H3. The van der Waals surface area contributed by atoms with Crippen LogP contribution in [-0.2, 0) is 22.3 Å². The molecule has 1 amide bonds. The Labute approximate surface area is 301 Å². The van der Waals surface area contributed by atoms with Gasteiger partial charge in [0.15, 0.2) is 14.1 Å². The monoisotopic (exact) mass is 718 g/mol. The van der Waals surface area contributed by atoms with Gasteiger partial charge < -0.3 is 28.2 Å². The zero-order valence-electron chi connectivity index (χ0n) is 32.0. The summed E-state index contributed by atoms with van der Waals surface area (Å²) in [6.45, 7) is 23.5. The quantitative estimate of drug-likeness (QED) is 0.148. The Hall–Kier alpha value is -4.36. The number of anilines is 1. The van der Waals surface area contributed by atoms with E-state index in [-0.39, 0.29) is 29.6 Å². The topological polar surface area (TPSA) is 116 Å². The molecule has 0 fully saturated rings. The zero-order chi connectivity index (χ0) is 37.5. The van der Waals surface area contributed by atoms with Crippen LogP contribution in [0.2, 0.25) is 18.1 Å². The number of benzene rings is 1. The van der Waals surface area contributed by atoms with Crippen LogP contribution in [0, 0.1) is 26.6 Å². The number of ether oxygens (including phenoxy) is 2. The van der Waals surface area contributed by atoms with Gasteiger partial charge in [0, 0.05) is 25.4 Å². The smallest absolute Gasteiger partial charge is 0.410 e. The number of hydrogen-bond donors (Lipinski definition) is 0. The fourth-order valence-electron chi connectivity index (χ4n) is 5.74. The number of amides is 1. The Kier molecular flexibility index (Phi) is 10.6. The lowest BCUT2D eigenvalue weighted by molar-refractivity contribution is 0.0172. The van der Waals surface area contributed by atoms with Crippen molar-refractivity contribution < 1.29 is 27.6 Å². The first kappa shape index (κ1) is 37.9. The van der Waals surface area contributed by atoms with Gasteiger partial charge in [-0.15, -0.1) is 0 Å². The van der Waals surface area contributed by atoms with Crippen molar-refractivity contribution in [2.45, 2.75) is 105 Å². The third kappa shape index (κ3) is 8.58. The molecule has 11 nitrogen and oxygen atoms in total. The van der Waals surface area contributed by atoms with Crippen molar-refractivity contribution in [3.05, 3.63) is 70.6 Å². The van der Waals surface area contributed by atoms with Crippen molar-refractivity contribution in [2.75, 3.05) is 25.1 Å². The van der Waals surface area contributed by atoms with Crippen molar-refractivity contribution in [3.8, 4) is 28.4 Å². The molecule has 13 heteroatoms. The molecule has 0 radical (unpaired) electrons. The minimum absolute atomic E-state index is 0.0784. The number of aryl methyl sites for hydroxylation is 2. The van der Waals surface area contributed by atoms with Crippen molar-refractivity contribution in [1.82, 2.24) is 25.0 Å². The van der Waals surface area contributed by atoms with E-state index in [1.54, 1.807) is 25.4 Å². The van der Waals surface area contributed by atoms with Crippen molar-refractivity contribution >= 4 is 20.2 Å². The highest BCUT2D eigenvalue weighted by atomic mass is 28.4. The molecule has 0 aliphatic carbocycles. The van der Waals surface area contributed by atoms with E-state index in [9.17, 15) is 4.79 Å². The fraction of sp³-hybridized carbons (Fsp3) is 0.500. The molecule has 1 unspecified atom stereocenters. The molecule has 0 bridgehead atoms. The Morgan fingerprint density at radius 1 is 1.08 bits per heavy atom. The number of nitrogens with zero attached hydrogens (tertiary/aromatic N) is 6. The third-order valence-corrected chi connectivity index (χ3v) is 14.0. The second-order valence-corrected chi connectivity index (χ2v) is 20.6. The van der Waals surface area contributed by atoms with Gasteiger partial charge in [0.1, 0.15) is 35.4 Å². The number of aromatic nitrogens is 4. The molecular weight excluding hydrogens is 668 g/mol. The van der Waals surface area contributed by atoms with Crippen molar-refractivity contribution in [1.29, 1.82) is 0 Å². The van der Waals surface area contributed by atoms with Gasteiger partial charge in [-0.25, -0.2) is 19.2 Å². The van der Waals surface area contributed by atoms with Gasteiger partial charge in [-0.2, -0.15) is 0 Å². The summed E-state index contributed by atoms with van der Waals surface area (Å²) in [7, 11) is -0.594. The van der Waals surface area contributed by atoms with E-state index in [0.29, 0.717) is 41.8 Å². The number of hydrogen-bond acceptors (Lipinski definition) is 10. The van der Waals surface area contributed by atoms with Gasteiger partial charge in [0.2, 0.25) is 0 Å². The Morgan fingerprint density at radius 2 is 1.80 bits per heavy atom. The van der Waals surface area contributed by atoms with E-state index in [0.717, 1.165) is 22.4 Å². The maximum atomic E-state index is 15.8. The molecule has 0 saturated heterocycles. The first-order chi connectivity index (χ1) is 23.7. The van der Waals surface area contributed by atoms with Gasteiger partial charge >= 0.3 is 6.09 Å². The van der Waals surface area contributed by atoms with Crippen LogP contribution in [0.3, 0.4) is 0 Å². The highest BCUT2D eigenvalue weighted by Gasteiger charge is 2.40. The van der Waals surface area contributed by atoms with Crippen LogP contribution >= 0.6 is 0 Å². The summed E-state index contributed by atoms with van der Waals surface area (Å²) in [5, 5.41) is 4.08. The lowest BCUT2D eigenvalue weighted by atomic mass is 10.0. The molecule has 1 aliphatic heterocycles. The van der Waals surface area contributed by atoms with Gasteiger partial charge in [0.05, 0.1) is 47.4 Å². The van der Waals surface area contributed by atoms with Gasteiger partial charge in [0.25, 0.3) is 0 Å². The molecule has 5 rings (SSSR count). The summed E-state index contributed by atoms with van der Waals surface area (Å²) in [4.78, 5) is 31.0. The van der Waals surface area contributed by atoms with Crippen LogP contribution in [0.25, 0.3) is 22.6 Å². The minimum Gasteiger partial charge on any atom is -0.491 e. The van der Waals surface area contributed by atoms with E-state index in [4.69, 9.17) is 28.4 Å². The maximum absolute atomic E-state index is 15.8. The summed E-state index contributed by atoms with van der Waals surface area (Å²) in [6, 6.07) is 8.53. The van der Waals surface area contributed by atoms with Crippen LogP contribution in [0.5, 0.6) is 5.75 Å². The number of pyridine rings is 1. The van der Waals surface area contributed by atoms with Crippen LogP contribution in [-0.4, -0.2) is 71.3 Å². The highest BCUT2D eigenvalue weighted by Crippen LogP contribution is 2.39. The Balaban J connectivity index is 1.49. The third-order valence-electron chi connectivity index (χ3n) is 9.44. The molecule has 0 spiro atoms. The van der Waals surface area contributed by atoms with Crippen LogP contribution < -0.4 is 9.64 Å².